The molecule has 1 N–H and O–H groups in total. The van der Waals surface area contributed by atoms with Gasteiger partial charge in [0.05, 0.1) is 24.8 Å². The van der Waals surface area contributed by atoms with Crippen LogP contribution in [0.2, 0.25) is 15.1 Å². The van der Waals surface area contributed by atoms with Gasteiger partial charge in [-0.1, -0.05) is 84.5 Å². The summed E-state index contributed by atoms with van der Waals surface area (Å²) >= 11 is 18.9. The van der Waals surface area contributed by atoms with E-state index in [9.17, 15) is 18.0 Å². The predicted molar refractivity (Wildman–Crippen MR) is 194 cm³/mol. The zero-order valence-electron chi connectivity index (χ0n) is 27.4. The molecule has 0 spiro atoms. The third kappa shape index (κ3) is 9.82. The molecule has 0 saturated carbocycles. The van der Waals surface area contributed by atoms with Gasteiger partial charge in [-0.3, -0.25) is 13.9 Å². The van der Waals surface area contributed by atoms with Gasteiger partial charge < -0.3 is 19.7 Å². The van der Waals surface area contributed by atoms with Crippen molar-refractivity contribution in [3.8, 4) is 11.5 Å². The molecule has 13 heteroatoms. The van der Waals surface area contributed by atoms with Gasteiger partial charge >= 0.3 is 0 Å². The molecule has 4 aromatic rings. The summed E-state index contributed by atoms with van der Waals surface area (Å²) in [6, 6.07) is 23.4. The Kier molecular flexibility index (Phi) is 13.6. The number of hydrogen-bond acceptors (Lipinski definition) is 6. The van der Waals surface area contributed by atoms with Crippen molar-refractivity contribution >= 4 is 62.3 Å². The van der Waals surface area contributed by atoms with Gasteiger partial charge in [0.1, 0.15) is 12.6 Å². The molecule has 4 rings (SSSR count). The fourth-order valence-corrected chi connectivity index (χ4v) is 7.16. The molecule has 0 bridgehead atoms. The number of ether oxygens (including phenoxy) is 2. The summed E-state index contributed by atoms with van der Waals surface area (Å²) < 4.78 is 40.4. The van der Waals surface area contributed by atoms with E-state index in [2.05, 4.69) is 5.32 Å². The van der Waals surface area contributed by atoms with Crippen LogP contribution in [-0.4, -0.2) is 58.5 Å². The fourth-order valence-electron chi connectivity index (χ4n) is 5.13. The molecule has 1 atom stereocenters. The smallest absolute Gasteiger partial charge is 0.264 e. The predicted octanol–water partition coefficient (Wildman–Crippen LogP) is 7.42. The number of nitrogens with one attached hydrogen (secondary N) is 1. The number of carbonyl (C=O) groups is 2. The van der Waals surface area contributed by atoms with E-state index in [0.717, 1.165) is 22.7 Å². The van der Waals surface area contributed by atoms with Crippen molar-refractivity contribution in [1.29, 1.82) is 0 Å². The van der Waals surface area contributed by atoms with Crippen molar-refractivity contribution in [2.45, 2.75) is 43.7 Å². The van der Waals surface area contributed by atoms with Crippen LogP contribution < -0.4 is 19.1 Å². The minimum Gasteiger partial charge on any atom is -0.493 e. The van der Waals surface area contributed by atoms with Crippen LogP contribution in [0.4, 0.5) is 5.69 Å². The second-order valence-electron chi connectivity index (χ2n) is 11.1. The number of hydrogen-bond donors (Lipinski definition) is 1. The van der Waals surface area contributed by atoms with Crippen LogP contribution in [0.3, 0.4) is 0 Å². The lowest BCUT2D eigenvalue weighted by Crippen LogP contribution is -2.53. The number of sulfonamides is 1. The van der Waals surface area contributed by atoms with Gasteiger partial charge in [-0.15, -0.1) is 0 Å². The van der Waals surface area contributed by atoms with Crippen molar-refractivity contribution in [2.24, 2.45) is 0 Å². The average molecular weight is 747 g/mol. The van der Waals surface area contributed by atoms with E-state index >= 15 is 0 Å². The Morgan fingerprint density at radius 2 is 1.51 bits per heavy atom. The molecular weight excluding hydrogens is 709 g/mol. The highest BCUT2D eigenvalue weighted by Gasteiger charge is 2.35. The molecule has 0 fully saturated rings. The highest BCUT2D eigenvalue weighted by atomic mass is 35.5. The van der Waals surface area contributed by atoms with Crippen molar-refractivity contribution in [1.82, 2.24) is 10.2 Å². The molecule has 4 aromatic carbocycles. The van der Waals surface area contributed by atoms with E-state index in [0.29, 0.717) is 32.9 Å². The van der Waals surface area contributed by atoms with Crippen LogP contribution >= 0.6 is 34.8 Å². The first-order valence-electron chi connectivity index (χ1n) is 15.5. The van der Waals surface area contributed by atoms with E-state index < -0.39 is 28.5 Å². The molecule has 0 radical (unpaired) electrons. The van der Waals surface area contributed by atoms with Crippen LogP contribution in [0.5, 0.6) is 11.5 Å². The van der Waals surface area contributed by atoms with Gasteiger partial charge in [-0.2, -0.15) is 0 Å². The highest BCUT2D eigenvalue weighted by Crippen LogP contribution is 2.33. The van der Waals surface area contributed by atoms with E-state index in [1.807, 2.05) is 37.3 Å². The van der Waals surface area contributed by atoms with Crippen molar-refractivity contribution in [2.75, 3.05) is 31.6 Å². The summed E-state index contributed by atoms with van der Waals surface area (Å²) in [7, 11) is -1.56. The van der Waals surface area contributed by atoms with Gasteiger partial charge in [-0.25, -0.2) is 8.42 Å². The summed E-state index contributed by atoms with van der Waals surface area (Å²) in [4.78, 5) is 29.8. The summed E-state index contributed by atoms with van der Waals surface area (Å²) in [5.41, 5.74) is 1.52. The number of amides is 2. The molecule has 0 aliphatic rings. The van der Waals surface area contributed by atoms with Crippen molar-refractivity contribution in [3.05, 3.63) is 117 Å². The van der Waals surface area contributed by atoms with E-state index in [1.54, 1.807) is 18.2 Å². The molecule has 0 aliphatic heterocycles. The summed E-state index contributed by atoms with van der Waals surface area (Å²) in [5, 5.41) is 4.04. The highest BCUT2D eigenvalue weighted by molar-refractivity contribution is 7.92. The minimum absolute atomic E-state index is 0.0988. The number of unbranched alkanes of at least 4 members (excludes halogenated alkanes) is 1. The van der Waals surface area contributed by atoms with Crippen molar-refractivity contribution in [3.63, 3.8) is 0 Å². The number of methoxy groups -OCH3 is 2. The van der Waals surface area contributed by atoms with Gasteiger partial charge in [0.25, 0.3) is 10.0 Å². The SMILES string of the molecule is CCCCNC(=O)C(Cc1ccccc1)N(Cc1ccc(Cl)cc1Cl)C(=O)CN(c1ccc(Cl)cc1)S(=O)(=O)c1ccc(OC)c(OC)c1. The quantitative estimate of drug-likeness (QED) is 0.120. The van der Waals surface area contributed by atoms with E-state index in [4.69, 9.17) is 44.3 Å². The molecule has 1 unspecified atom stereocenters. The Morgan fingerprint density at radius 1 is 0.837 bits per heavy atom. The van der Waals surface area contributed by atoms with Crippen LogP contribution in [0, 0.1) is 0 Å². The van der Waals surface area contributed by atoms with Gasteiger partial charge in [-0.05, 0) is 66.1 Å². The first kappa shape index (κ1) is 37.9. The Morgan fingerprint density at radius 3 is 2.14 bits per heavy atom. The number of benzene rings is 4. The molecule has 9 nitrogen and oxygen atoms in total. The number of rotatable bonds is 16. The number of nitrogens with zero attached hydrogens (tertiary/aromatic N) is 2. The summed E-state index contributed by atoms with van der Waals surface area (Å²) in [6.45, 7) is 1.67. The topological polar surface area (TPSA) is 105 Å². The maximum atomic E-state index is 14.6. The second kappa shape index (κ2) is 17.6. The van der Waals surface area contributed by atoms with Crippen LogP contribution in [0.25, 0.3) is 0 Å². The van der Waals surface area contributed by atoms with Gasteiger partial charge in [0.15, 0.2) is 11.5 Å². The molecule has 260 valence electrons. The Hall–Kier alpha value is -3.96. The zero-order chi connectivity index (χ0) is 35.6. The third-order valence-corrected chi connectivity index (χ3v) is 10.4. The largest absolute Gasteiger partial charge is 0.493 e. The molecule has 0 saturated heterocycles. The second-order valence-corrected chi connectivity index (χ2v) is 14.3. The normalized spacial score (nSPS) is 11.8. The molecule has 49 heavy (non-hydrogen) atoms. The van der Waals surface area contributed by atoms with Gasteiger partial charge in [0, 0.05) is 40.6 Å². The van der Waals surface area contributed by atoms with Gasteiger partial charge in [0.2, 0.25) is 11.8 Å². The average Bonchev–Trinajstić information content (AvgIpc) is 3.10. The maximum absolute atomic E-state index is 14.6. The standard InChI is InChI=1S/C36H38Cl3N3O6S/c1-4-5-19-40-36(44)32(20-25-9-7-6-8-10-25)41(23-26-11-12-28(38)21-31(26)39)35(43)24-42(29-15-13-27(37)14-16-29)49(45,46)30-17-18-33(47-2)34(22-30)48-3/h6-18,21-22,32H,4-5,19-20,23-24H2,1-3H3,(H,40,44). The Balaban J connectivity index is 1.83. The third-order valence-electron chi connectivity index (χ3n) is 7.79. The summed E-state index contributed by atoms with van der Waals surface area (Å²) in [6.07, 6.45) is 1.77. The monoisotopic (exact) mass is 745 g/mol. The van der Waals surface area contributed by atoms with Crippen molar-refractivity contribution < 1.29 is 27.5 Å². The number of anilines is 1. The lowest BCUT2D eigenvalue weighted by molar-refractivity contribution is -0.140. The van der Waals surface area contributed by atoms with E-state index in [1.165, 1.54) is 61.6 Å². The Bertz CT molecular complexity index is 1840. The number of carbonyl (C=O) groups excluding carboxylic acids is 2. The van der Waals surface area contributed by atoms with E-state index in [-0.39, 0.29) is 35.2 Å². The van der Waals surface area contributed by atoms with Crippen LogP contribution in [0.1, 0.15) is 30.9 Å². The van der Waals surface area contributed by atoms with Crippen LogP contribution in [-0.2, 0) is 32.6 Å². The molecular formula is C36H38Cl3N3O6S. The minimum atomic E-state index is -4.40. The first-order chi connectivity index (χ1) is 23.5. The maximum Gasteiger partial charge on any atom is 0.264 e. The summed E-state index contributed by atoms with van der Waals surface area (Å²) in [5.74, 6) is -0.496. The lowest BCUT2D eigenvalue weighted by Gasteiger charge is -2.34. The van der Waals surface area contributed by atoms with Crippen LogP contribution in [0.15, 0.2) is 95.9 Å². The lowest BCUT2D eigenvalue weighted by atomic mass is 10.0. The molecule has 0 aliphatic carbocycles. The molecule has 0 heterocycles. The fraction of sp³-hybridized carbons (Fsp3) is 0.278. The first-order valence-corrected chi connectivity index (χ1v) is 18.1. The molecule has 2 amide bonds. The molecule has 0 aromatic heterocycles. The zero-order valence-corrected chi connectivity index (χ0v) is 30.5. The Labute approximate surface area is 302 Å². The number of halogens is 3.